The van der Waals surface area contributed by atoms with Gasteiger partial charge in [-0.25, -0.2) is 15.0 Å². The van der Waals surface area contributed by atoms with E-state index in [0.29, 0.717) is 23.8 Å². The van der Waals surface area contributed by atoms with Gasteiger partial charge in [0.15, 0.2) is 0 Å². The molecule has 2 rings (SSSR count). The van der Waals surface area contributed by atoms with Gasteiger partial charge in [-0.05, 0) is 35.0 Å². The maximum Gasteiger partial charge on any atom is 0.255 e. The second-order valence-electron chi connectivity index (χ2n) is 4.08. The van der Waals surface area contributed by atoms with Gasteiger partial charge in [-0.3, -0.25) is 4.79 Å². The second kappa shape index (κ2) is 6.42. The largest absolute Gasteiger partial charge is 0.372 e. The number of halogens is 1. The van der Waals surface area contributed by atoms with Crippen molar-refractivity contribution in [2.24, 2.45) is 0 Å². The van der Waals surface area contributed by atoms with Crippen molar-refractivity contribution in [2.45, 2.75) is 13.5 Å². The van der Waals surface area contributed by atoms with Crippen LogP contribution in [0.3, 0.4) is 0 Å². The Balaban J connectivity index is 2.10. The maximum absolute atomic E-state index is 12.2. The fraction of sp³-hybridized carbons (Fsp3) is 0.231. The molecule has 104 valence electrons. The van der Waals surface area contributed by atoms with Crippen LogP contribution in [-0.2, 0) is 6.54 Å². The standard InChI is InChI=1S/C13H14BrN5O/c1-8-16-4-3-10(19-8)7-18-13(20)11-5-9(14)6-17-12(11)15-2/h3-6H,7H2,1-2H3,(H,15,17)(H,18,20). The van der Waals surface area contributed by atoms with E-state index in [9.17, 15) is 4.79 Å². The van der Waals surface area contributed by atoms with Crippen molar-refractivity contribution in [3.63, 3.8) is 0 Å². The number of carbonyl (C=O) groups excluding carboxylic acids is 1. The van der Waals surface area contributed by atoms with Crippen molar-refractivity contribution in [2.75, 3.05) is 12.4 Å². The monoisotopic (exact) mass is 335 g/mol. The van der Waals surface area contributed by atoms with Crippen LogP contribution in [0.15, 0.2) is 29.0 Å². The van der Waals surface area contributed by atoms with E-state index in [0.717, 1.165) is 10.2 Å². The molecule has 2 aromatic heterocycles. The first-order valence-electron chi connectivity index (χ1n) is 6.00. The molecule has 0 aliphatic rings. The Kier molecular flexibility index (Phi) is 4.62. The van der Waals surface area contributed by atoms with E-state index >= 15 is 0 Å². The predicted molar refractivity (Wildman–Crippen MR) is 79.4 cm³/mol. The summed E-state index contributed by atoms with van der Waals surface area (Å²) in [6, 6.07) is 3.49. The van der Waals surface area contributed by atoms with Gasteiger partial charge in [-0.15, -0.1) is 0 Å². The molecule has 2 N–H and O–H groups in total. The number of carbonyl (C=O) groups is 1. The fourth-order valence-electron chi connectivity index (χ4n) is 1.68. The molecule has 2 heterocycles. The molecule has 7 heteroatoms. The Labute approximate surface area is 125 Å². The first-order chi connectivity index (χ1) is 9.60. The summed E-state index contributed by atoms with van der Waals surface area (Å²) in [7, 11) is 1.72. The highest BCUT2D eigenvalue weighted by molar-refractivity contribution is 9.10. The Morgan fingerprint density at radius 2 is 2.20 bits per heavy atom. The van der Waals surface area contributed by atoms with Gasteiger partial charge >= 0.3 is 0 Å². The maximum atomic E-state index is 12.2. The van der Waals surface area contributed by atoms with E-state index in [4.69, 9.17) is 0 Å². The van der Waals surface area contributed by atoms with Crippen molar-refractivity contribution in [1.29, 1.82) is 0 Å². The second-order valence-corrected chi connectivity index (χ2v) is 4.99. The molecule has 0 saturated heterocycles. The Morgan fingerprint density at radius 1 is 1.40 bits per heavy atom. The van der Waals surface area contributed by atoms with Crippen molar-refractivity contribution < 1.29 is 4.79 Å². The average molecular weight is 336 g/mol. The van der Waals surface area contributed by atoms with Crippen molar-refractivity contribution in [3.05, 3.63) is 46.1 Å². The number of hydrogen-bond donors (Lipinski definition) is 2. The number of nitrogens with one attached hydrogen (secondary N) is 2. The molecule has 0 saturated carbocycles. The van der Waals surface area contributed by atoms with Gasteiger partial charge in [0, 0.05) is 23.9 Å². The number of aryl methyl sites for hydroxylation is 1. The minimum atomic E-state index is -0.209. The van der Waals surface area contributed by atoms with E-state index in [1.165, 1.54) is 0 Å². The summed E-state index contributed by atoms with van der Waals surface area (Å²) in [4.78, 5) is 24.6. The van der Waals surface area contributed by atoms with Crippen molar-refractivity contribution >= 4 is 27.7 Å². The van der Waals surface area contributed by atoms with Gasteiger partial charge in [0.05, 0.1) is 17.8 Å². The van der Waals surface area contributed by atoms with E-state index in [1.54, 1.807) is 31.6 Å². The third-order valence-electron chi connectivity index (χ3n) is 2.60. The molecular weight excluding hydrogens is 322 g/mol. The number of amides is 1. The summed E-state index contributed by atoms with van der Waals surface area (Å²) >= 11 is 3.31. The van der Waals surface area contributed by atoms with Crippen LogP contribution in [0.2, 0.25) is 0 Å². The van der Waals surface area contributed by atoms with Crippen LogP contribution in [0.5, 0.6) is 0 Å². The minimum Gasteiger partial charge on any atom is -0.372 e. The summed E-state index contributed by atoms with van der Waals surface area (Å²) in [5, 5.41) is 5.71. The Hall–Kier alpha value is -2.02. The lowest BCUT2D eigenvalue weighted by atomic mass is 10.2. The number of pyridine rings is 1. The molecule has 0 unspecified atom stereocenters. The highest BCUT2D eigenvalue weighted by Gasteiger charge is 2.12. The number of nitrogens with zero attached hydrogens (tertiary/aromatic N) is 3. The Morgan fingerprint density at radius 3 is 2.90 bits per heavy atom. The third kappa shape index (κ3) is 3.51. The van der Waals surface area contributed by atoms with Crippen molar-refractivity contribution in [1.82, 2.24) is 20.3 Å². The zero-order chi connectivity index (χ0) is 14.5. The van der Waals surface area contributed by atoms with E-state index < -0.39 is 0 Å². The van der Waals surface area contributed by atoms with E-state index in [1.807, 2.05) is 6.92 Å². The summed E-state index contributed by atoms with van der Waals surface area (Å²) in [5.74, 6) is 1.00. The van der Waals surface area contributed by atoms with Gasteiger partial charge in [0.2, 0.25) is 0 Å². The molecule has 0 spiro atoms. The lowest BCUT2D eigenvalue weighted by Gasteiger charge is -2.09. The molecule has 20 heavy (non-hydrogen) atoms. The molecule has 0 aliphatic heterocycles. The van der Waals surface area contributed by atoms with Crippen LogP contribution in [0.25, 0.3) is 0 Å². The van der Waals surface area contributed by atoms with Crippen molar-refractivity contribution in [3.8, 4) is 0 Å². The first-order valence-corrected chi connectivity index (χ1v) is 6.79. The Bertz CT molecular complexity index is 632. The SMILES string of the molecule is CNc1ncc(Br)cc1C(=O)NCc1ccnc(C)n1. The van der Waals surface area contributed by atoms with Gasteiger partial charge in [0.25, 0.3) is 5.91 Å². The summed E-state index contributed by atoms with van der Waals surface area (Å²) in [5.41, 5.74) is 1.24. The smallest absolute Gasteiger partial charge is 0.255 e. The molecule has 0 fully saturated rings. The molecule has 0 atom stereocenters. The van der Waals surface area contributed by atoms with Gasteiger partial charge in [0.1, 0.15) is 11.6 Å². The molecule has 1 amide bonds. The molecule has 0 aromatic carbocycles. The number of rotatable bonds is 4. The molecule has 0 bridgehead atoms. The minimum absolute atomic E-state index is 0.209. The normalized spacial score (nSPS) is 10.2. The highest BCUT2D eigenvalue weighted by atomic mass is 79.9. The number of hydrogen-bond acceptors (Lipinski definition) is 5. The molecule has 0 radical (unpaired) electrons. The van der Waals surface area contributed by atoms with Crippen LogP contribution in [0.4, 0.5) is 5.82 Å². The van der Waals surface area contributed by atoms with Crippen LogP contribution in [0, 0.1) is 6.92 Å². The lowest BCUT2D eigenvalue weighted by Crippen LogP contribution is -2.24. The third-order valence-corrected chi connectivity index (χ3v) is 3.03. The average Bonchev–Trinajstić information content (AvgIpc) is 2.45. The van der Waals surface area contributed by atoms with Crippen LogP contribution < -0.4 is 10.6 Å². The number of anilines is 1. The van der Waals surface area contributed by atoms with Gasteiger partial charge < -0.3 is 10.6 Å². The summed E-state index contributed by atoms with van der Waals surface area (Å²) in [6.45, 7) is 2.15. The zero-order valence-electron chi connectivity index (χ0n) is 11.1. The van der Waals surface area contributed by atoms with Crippen LogP contribution in [-0.4, -0.2) is 27.9 Å². The van der Waals surface area contributed by atoms with Gasteiger partial charge in [-0.1, -0.05) is 0 Å². The zero-order valence-corrected chi connectivity index (χ0v) is 12.7. The molecule has 0 aliphatic carbocycles. The predicted octanol–water partition coefficient (Wildman–Crippen LogP) is 1.91. The highest BCUT2D eigenvalue weighted by Crippen LogP contribution is 2.17. The summed E-state index contributed by atoms with van der Waals surface area (Å²) < 4.78 is 0.750. The molecular formula is C13H14BrN5O. The first kappa shape index (κ1) is 14.4. The topological polar surface area (TPSA) is 79.8 Å². The fourth-order valence-corrected chi connectivity index (χ4v) is 2.01. The molecule has 2 aromatic rings. The van der Waals surface area contributed by atoms with E-state index in [2.05, 4.69) is 41.5 Å². The van der Waals surface area contributed by atoms with Crippen LogP contribution in [0.1, 0.15) is 21.9 Å². The lowest BCUT2D eigenvalue weighted by molar-refractivity contribution is 0.0951. The molecule has 6 nitrogen and oxygen atoms in total. The van der Waals surface area contributed by atoms with E-state index in [-0.39, 0.29) is 5.91 Å². The summed E-state index contributed by atoms with van der Waals surface area (Å²) in [6.07, 6.45) is 3.31. The number of aromatic nitrogens is 3. The van der Waals surface area contributed by atoms with Crippen LogP contribution >= 0.6 is 15.9 Å². The quantitative estimate of drug-likeness (QED) is 0.892. The van der Waals surface area contributed by atoms with Gasteiger partial charge in [-0.2, -0.15) is 0 Å².